The molecular formula is C18H15FN8O2. The number of para-hydroxylation sites is 1. The summed E-state index contributed by atoms with van der Waals surface area (Å²) in [7, 11) is 0. The topological polar surface area (TPSA) is 136 Å². The normalized spacial score (nSPS) is 15.3. The molecule has 0 unspecified atom stereocenters. The monoisotopic (exact) mass is 394 g/mol. The number of H-pyrrole nitrogens is 2. The van der Waals surface area contributed by atoms with Gasteiger partial charge in [-0.25, -0.2) is 14.2 Å². The summed E-state index contributed by atoms with van der Waals surface area (Å²) >= 11 is 0. The predicted octanol–water partition coefficient (Wildman–Crippen LogP) is 0.340. The van der Waals surface area contributed by atoms with Gasteiger partial charge in [0.2, 0.25) is 11.8 Å². The molecule has 4 N–H and O–H groups in total. The standard InChI is InChI=1S/C18H15FN8O2/c19-11-3-1-2-4-12(11)22-16-24-14-9(7-13-15(28)25-18(29)23-13)8-20-27(14)17(26-16)21-10-5-6-10/h1-4,7-8,10,28H,5-6H2,(H,21,22,26)(H2,23,25,29)/b9-7-. The highest BCUT2D eigenvalue weighted by Gasteiger charge is 2.21. The largest absolute Gasteiger partial charge is 0.493 e. The maximum absolute atomic E-state index is 14.0. The Labute approximate surface area is 161 Å². The van der Waals surface area contributed by atoms with Gasteiger partial charge in [0.1, 0.15) is 11.5 Å². The summed E-state index contributed by atoms with van der Waals surface area (Å²) in [5.74, 6) is -0.577. The van der Waals surface area contributed by atoms with Gasteiger partial charge in [-0.1, -0.05) is 12.1 Å². The average molecular weight is 394 g/mol. The highest BCUT2D eigenvalue weighted by molar-refractivity contribution is 5.59. The van der Waals surface area contributed by atoms with Crippen LogP contribution in [0.3, 0.4) is 0 Å². The van der Waals surface area contributed by atoms with E-state index in [1.54, 1.807) is 18.2 Å². The maximum atomic E-state index is 14.0. The highest BCUT2D eigenvalue weighted by atomic mass is 19.1. The van der Waals surface area contributed by atoms with Gasteiger partial charge < -0.3 is 15.4 Å². The van der Waals surface area contributed by atoms with Crippen molar-refractivity contribution in [1.29, 1.82) is 0 Å². The fourth-order valence-electron chi connectivity index (χ4n) is 2.82. The minimum absolute atomic E-state index is 0.156. The first-order valence-electron chi connectivity index (χ1n) is 8.91. The fraction of sp³-hybridized carbons (Fsp3) is 0.167. The van der Waals surface area contributed by atoms with Crippen molar-refractivity contribution in [3.63, 3.8) is 0 Å². The fourth-order valence-corrected chi connectivity index (χ4v) is 2.82. The molecule has 0 spiro atoms. The molecule has 1 saturated carbocycles. The minimum atomic E-state index is -0.536. The molecule has 1 aliphatic carbocycles. The molecule has 29 heavy (non-hydrogen) atoms. The SMILES string of the molecule is O=c1[nH]c(O)c(/C=c2/cnn3c(=NC4CC4)nc(Nc4ccccc4F)nc23)[nH]1. The Hall–Kier alpha value is -4.02. The lowest BCUT2D eigenvalue weighted by Crippen LogP contribution is -2.24. The van der Waals surface area contributed by atoms with Gasteiger partial charge in [0.05, 0.1) is 17.9 Å². The molecule has 0 aliphatic heterocycles. The smallest absolute Gasteiger partial charge is 0.326 e. The van der Waals surface area contributed by atoms with E-state index in [1.165, 1.54) is 22.9 Å². The van der Waals surface area contributed by atoms with Crippen LogP contribution in [-0.4, -0.2) is 40.7 Å². The predicted molar refractivity (Wildman–Crippen MR) is 101 cm³/mol. The average Bonchev–Trinajstić information content (AvgIpc) is 3.33. The first-order valence-corrected chi connectivity index (χ1v) is 8.91. The van der Waals surface area contributed by atoms with Gasteiger partial charge >= 0.3 is 5.69 Å². The molecule has 146 valence electrons. The molecule has 1 aliphatic rings. The molecule has 10 nitrogen and oxygen atoms in total. The number of aromatic hydroxyl groups is 1. The van der Waals surface area contributed by atoms with Crippen LogP contribution in [0.5, 0.6) is 5.88 Å². The Bertz CT molecular complexity index is 1400. The first-order chi connectivity index (χ1) is 14.1. The lowest BCUT2D eigenvalue weighted by molar-refractivity contribution is 0.454. The lowest BCUT2D eigenvalue weighted by atomic mass is 10.3. The third kappa shape index (κ3) is 3.33. The van der Waals surface area contributed by atoms with Crippen molar-refractivity contribution in [2.75, 3.05) is 5.32 Å². The summed E-state index contributed by atoms with van der Waals surface area (Å²) in [5.41, 5.74) is 0.605. The number of nitrogens with zero attached hydrogens (tertiary/aromatic N) is 5. The molecule has 1 fully saturated rings. The van der Waals surface area contributed by atoms with Gasteiger partial charge in [-0.3, -0.25) is 4.98 Å². The van der Waals surface area contributed by atoms with Crippen molar-refractivity contribution < 1.29 is 9.50 Å². The molecule has 0 bridgehead atoms. The molecule has 5 rings (SSSR count). The Morgan fingerprint density at radius 3 is 2.83 bits per heavy atom. The quantitative estimate of drug-likeness (QED) is 0.394. The summed E-state index contributed by atoms with van der Waals surface area (Å²) in [6.45, 7) is 0. The third-order valence-electron chi connectivity index (χ3n) is 4.38. The second-order valence-electron chi connectivity index (χ2n) is 6.63. The van der Waals surface area contributed by atoms with Crippen LogP contribution in [0, 0.1) is 5.82 Å². The molecule has 0 amide bonds. The van der Waals surface area contributed by atoms with E-state index >= 15 is 0 Å². The molecule has 4 aromatic rings. The van der Waals surface area contributed by atoms with Crippen molar-refractivity contribution >= 4 is 23.4 Å². The number of halogens is 1. The van der Waals surface area contributed by atoms with Crippen LogP contribution >= 0.6 is 0 Å². The van der Waals surface area contributed by atoms with E-state index in [2.05, 4.69) is 35.3 Å². The van der Waals surface area contributed by atoms with E-state index in [0.717, 1.165) is 12.8 Å². The van der Waals surface area contributed by atoms with Crippen LogP contribution in [0.2, 0.25) is 0 Å². The molecule has 11 heteroatoms. The maximum Gasteiger partial charge on any atom is 0.326 e. The number of benzene rings is 1. The summed E-state index contributed by atoms with van der Waals surface area (Å²) in [6.07, 6.45) is 4.99. The Balaban J connectivity index is 1.70. The molecule has 0 radical (unpaired) electrons. The number of hydrogen-bond donors (Lipinski definition) is 4. The molecule has 3 aromatic heterocycles. The van der Waals surface area contributed by atoms with Crippen LogP contribution in [0.15, 0.2) is 40.2 Å². The van der Waals surface area contributed by atoms with Gasteiger partial charge in [-0.05, 0) is 31.1 Å². The summed E-state index contributed by atoms with van der Waals surface area (Å²) in [4.78, 5) is 29.5. The molecule has 0 atom stereocenters. The van der Waals surface area contributed by atoms with Gasteiger partial charge in [0, 0.05) is 5.22 Å². The number of anilines is 2. The number of imidazole rings is 1. The van der Waals surface area contributed by atoms with E-state index in [9.17, 15) is 14.3 Å². The van der Waals surface area contributed by atoms with Crippen molar-refractivity contribution in [2.45, 2.75) is 18.9 Å². The highest BCUT2D eigenvalue weighted by Crippen LogP contribution is 2.22. The van der Waals surface area contributed by atoms with E-state index < -0.39 is 11.5 Å². The van der Waals surface area contributed by atoms with Gasteiger partial charge in [-0.2, -0.15) is 19.6 Å². The summed E-state index contributed by atoms with van der Waals surface area (Å²) in [6, 6.07) is 6.37. The van der Waals surface area contributed by atoms with Crippen molar-refractivity contribution in [1.82, 2.24) is 29.5 Å². The van der Waals surface area contributed by atoms with Crippen molar-refractivity contribution in [2.24, 2.45) is 4.99 Å². The molecule has 1 aromatic carbocycles. The van der Waals surface area contributed by atoms with Crippen molar-refractivity contribution in [3.8, 4) is 5.88 Å². The third-order valence-corrected chi connectivity index (χ3v) is 4.38. The van der Waals surface area contributed by atoms with E-state index in [1.807, 2.05) is 0 Å². The number of hydrogen-bond acceptors (Lipinski definition) is 7. The lowest BCUT2D eigenvalue weighted by Gasteiger charge is -2.06. The zero-order chi connectivity index (χ0) is 20.0. The summed E-state index contributed by atoms with van der Waals surface area (Å²) in [5, 5.41) is 17.5. The van der Waals surface area contributed by atoms with Gasteiger partial charge in [0.25, 0.3) is 5.62 Å². The van der Waals surface area contributed by atoms with Crippen LogP contribution in [0.1, 0.15) is 18.5 Å². The van der Waals surface area contributed by atoms with Crippen LogP contribution in [-0.2, 0) is 0 Å². The molecule has 3 heterocycles. The first kappa shape index (κ1) is 17.1. The van der Waals surface area contributed by atoms with Crippen molar-refractivity contribution in [3.05, 3.63) is 63.3 Å². The van der Waals surface area contributed by atoms with Gasteiger partial charge in [-0.15, -0.1) is 0 Å². The van der Waals surface area contributed by atoms with E-state index in [-0.39, 0.29) is 29.3 Å². The Kier molecular flexibility index (Phi) is 3.86. The second kappa shape index (κ2) is 6.55. The zero-order valence-electron chi connectivity index (χ0n) is 14.9. The number of rotatable bonds is 4. The van der Waals surface area contributed by atoms with Crippen LogP contribution < -0.4 is 21.8 Å². The minimum Gasteiger partial charge on any atom is -0.493 e. The Morgan fingerprint density at radius 1 is 1.28 bits per heavy atom. The number of fused-ring (bicyclic) bond motifs is 1. The number of aromatic nitrogens is 6. The molecule has 0 saturated heterocycles. The molecular weight excluding hydrogens is 379 g/mol. The second-order valence-corrected chi connectivity index (χ2v) is 6.63. The summed E-state index contributed by atoms with van der Waals surface area (Å²) < 4.78 is 15.5. The van der Waals surface area contributed by atoms with Crippen LogP contribution in [0.4, 0.5) is 16.0 Å². The van der Waals surface area contributed by atoms with E-state index in [0.29, 0.717) is 16.5 Å². The number of nitrogens with one attached hydrogen (secondary N) is 3. The van der Waals surface area contributed by atoms with Gasteiger partial charge in [0.15, 0.2) is 5.65 Å². The number of aromatic amines is 2. The Morgan fingerprint density at radius 2 is 2.10 bits per heavy atom. The van der Waals surface area contributed by atoms with Crippen LogP contribution in [0.25, 0.3) is 11.7 Å². The van der Waals surface area contributed by atoms with E-state index in [4.69, 9.17) is 0 Å². The zero-order valence-corrected chi connectivity index (χ0v) is 14.9.